The molecule has 0 aromatic heterocycles. The highest BCUT2D eigenvalue weighted by molar-refractivity contribution is 6.34. The molecule has 3 heteroatoms. The van der Waals surface area contributed by atoms with Crippen LogP contribution in [0.1, 0.15) is 50.5 Å². The fraction of sp³-hybridized carbons (Fsp3) is 0.562. The molecule has 19 heavy (non-hydrogen) atoms. The Morgan fingerprint density at radius 1 is 1.21 bits per heavy atom. The van der Waals surface area contributed by atoms with Crippen LogP contribution in [0.15, 0.2) is 12.1 Å². The predicted octanol–water partition coefficient (Wildman–Crippen LogP) is 4.34. The van der Waals surface area contributed by atoms with E-state index in [1.54, 1.807) is 0 Å². The van der Waals surface area contributed by atoms with Crippen molar-refractivity contribution >= 4 is 23.1 Å². The van der Waals surface area contributed by atoms with E-state index in [-0.39, 0.29) is 11.7 Å². The highest BCUT2D eigenvalue weighted by Crippen LogP contribution is 2.39. The molecule has 2 nitrogen and oxygen atoms in total. The zero-order chi connectivity index (χ0) is 14.3. The summed E-state index contributed by atoms with van der Waals surface area (Å²) in [5.41, 5.74) is 3.05. The summed E-state index contributed by atoms with van der Waals surface area (Å²) in [5, 5.41) is 0.598. The number of carbonyl (C=O) groups is 1. The Balaban J connectivity index is 2.59. The Bertz CT molecular complexity index is 500. The van der Waals surface area contributed by atoms with Crippen molar-refractivity contribution < 1.29 is 4.79 Å². The largest absolute Gasteiger partial charge is 0.366 e. The minimum Gasteiger partial charge on any atom is -0.366 e. The Labute approximate surface area is 120 Å². The number of hydrogen-bond acceptors (Lipinski definition) is 2. The van der Waals surface area contributed by atoms with Gasteiger partial charge in [0, 0.05) is 29.3 Å². The number of rotatable bonds is 3. The zero-order valence-corrected chi connectivity index (χ0v) is 13.1. The fourth-order valence-electron chi connectivity index (χ4n) is 3.12. The lowest BCUT2D eigenvalue weighted by molar-refractivity contribution is 0.0946. The number of Topliss-reactive ketones (excluding diaryl/α,β-unsaturated/α-hetero) is 1. The molecule has 0 bridgehead atoms. The van der Waals surface area contributed by atoms with Crippen LogP contribution in [0, 0.1) is 5.92 Å². The van der Waals surface area contributed by atoms with Gasteiger partial charge in [0.05, 0.1) is 5.02 Å². The first-order chi connectivity index (χ1) is 8.84. The Hall–Kier alpha value is -1.02. The molecule has 0 saturated carbocycles. The van der Waals surface area contributed by atoms with Crippen LogP contribution in [0.3, 0.4) is 0 Å². The van der Waals surface area contributed by atoms with Crippen molar-refractivity contribution in [3.63, 3.8) is 0 Å². The predicted molar refractivity (Wildman–Crippen MR) is 81.4 cm³/mol. The van der Waals surface area contributed by atoms with Crippen molar-refractivity contribution in [2.75, 3.05) is 4.90 Å². The minimum atomic E-state index is 0.0508. The van der Waals surface area contributed by atoms with Gasteiger partial charge < -0.3 is 4.90 Å². The van der Waals surface area contributed by atoms with Crippen LogP contribution in [0.25, 0.3) is 0 Å². The number of hydrogen-bond donors (Lipinski definition) is 0. The lowest BCUT2D eigenvalue weighted by Crippen LogP contribution is -2.37. The van der Waals surface area contributed by atoms with E-state index in [0.29, 0.717) is 17.1 Å². The molecule has 2 rings (SSSR count). The monoisotopic (exact) mass is 279 g/mol. The van der Waals surface area contributed by atoms with E-state index < -0.39 is 0 Å². The van der Waals surface area contributed by atoms with Crippen LogP contribution >= 0.6 is 11.6 Å². The van der Waals surface area contributed by atoms with E-state index in [4.69, 9.17) is 11.6 Å². The van der Waals surface area contributed by atoms with Gasteiger partial charge in [0.1, 0.15) is 0 Å². The smallest absolute Gasteiger partial charge is 0.167 e. The van der Waals surface area contributed by atoms with E-state index in [2.05, 4.69) is 38.7 Å². The van der Waals surface area contributed by atoms with E-state index in [0.717, 1.165) is 17.5 Å². The average Bonchev–Trinajstić information content (AvgIpc) is 2.59. The van der Waals surface area contributed by atoms with Crippen molar-refractivity contribution in [1.29, 1.82) is 0 Å². The van der Waals surface area contributed by atoms with Crippen LogP contribution < -0.4 is 4.90 Å². The topological polar surface area (TPSA) is 20.3 Å². The van der Waals surface area contributed by atoms with Gasteiger partial charge in [0.15, 0.2) is 5.78 Å². The third-order valence-corrected chi connectivity index (χ3v) is 4.15. The van der Waals surface area contributed by atoms with Crippen LogP contribution in [0.4, 0.5) is 5.69 Å². The maximum Gasteiger partial charge on any atom is 0.167 e. The third-order valence-electron chi connectivity index (χ3n) is 3.83. The SMILES string of the molecule is CC1Cc2c(N(C(C)C)C(C)C)ccc(Cl)c2C1=O. The van der Waals surface area contributed by atoms with Crippen LogP contribution in [-0.2, 0) is 6.42 Å². The first kappa shape index (κ1) is 14.4. The van der Waals surface area contributed by atoms with Gasteiger partial charge in [-0.05, 0) is 51.8 Å². The zero-order valence-electron chi connectivity index (χ0n) is 12.3. The number of fused-ring (bicyclic) bond motifs is 1. The fourth-order valence-corrected chi connectivity index (χ4v) is 3.39. The Morgan fingerprint density at radius 3 is 2.32 bits per heavy atom. The van der Waals surface area contributed by atoms with Gasteiger partial charge in [0.25, 0.3) is 0 Å². The standard InChI is InChI=1S/C16H22ClNO/c1-9(2)18(10(3)4)14-7-6-13(17)15-12(14)8-11(5)16(15)19/h6-7,9-11H,8H2,1-5H3. The lowest BCUT2D eigenvalue weighted by Gasteiger charge is -2.34. The maximum absolute atomic E-state index is 12.2. The lowest BCUT2D eigenvalue weighted by atomic mass is 10.0. The number of carbonyl (C=O) groups excluding carboxylic acids is 1. The highest BCUT2D eigenvalue weighted by Gasteiger charge is 2.33. The molecule has 0 N–H and O–H groups in total. The molecule has 0 saturated heterocycles. The average molecular weight is 280 g/mol. The number of nitrogens with zero attached hydrogens (tertiary/aromatic N) is 1. The first-order valence-electron chi connectivity index (χ1n) is 6.98. The molecule has 1 unspecified atom stereocenters. The summed E-state index contributed by atoms with van der Waals surface area (Å²) in [5.74, 6) is 0.240. The van der Waals surface area contributed by atoms with Crippen molar-refractivity contribution in [3.05, 3.63) is 28.3 Å². The van der Waals surface area contributed by atoms with Crippen molar-refractivity contribution in [3.8, 4) is 0 Å². The summed E-state index contributed by atoms with van der Waals surface area (Å²) >= 11 is 6.23. The summed E-state index contributed by atoms with van der Waals surface area (Å²) in [6.07, 6.45) is 0.806. The maximum atomic E-state index is 12.2. The molecular weight excluding hydrogens is 258 g/mol. The van der Waals surface area contributed by atoms with Crippen molar-refractivity contribution in [2.24, 2.45) is 5.92 Å². The van der Waals surface area contributed by atoms with Gasteiger partial charge in [0.2, 0.25) is 0 Å². The molecule has 1 aliphatic carbocycles. The number of ketones is 1. The number of halogens is 1. The number of benzene rings is 1. The highest BCUT2D eigenvalue weighted by atomic mass is 35.5. The normalized spacial score (nSPS) is 18.3. The van der Waals surface area contributed by atoms with Gasteiger partial charge in [-0.3, -0.25) is 4.79 Å². The van der Waals surface area contributed by atoms with Crippen molar-refractivity contribution in [1.82, 2.24) is 0 Å². The van der Waals surface area contributed by atoms with Gasteiger partial charge in [-0.1, -0.05) is 18.5 Å². The molecule has 1 aromatic rings. The quantitative estimate of drug-likeness (QED) is 0.820. The molecule has 1 atom stereocenters. The summed E-state index contributed by atoms with van der Waals surface area (Å²) < 4.78 is 0. The second-order valence-electron chi connectivity index (χ2n) is 5.98. The van der Waals surface area contributed by atoms with E-state index in [9.17, 15) is 4.79 Å². The van der Waals surface area contributed by atoms with Crippen molar-refractivity contribution in [2.45, 2.75) is 53.1 Å². The molecule has 0 fully saturated rings. The molecule has 1 aromatic carbocycles. The van der Waals surface area contributed by atoms with E-state index in [1.165, 1.54) is 5.69 Å². The van der Waals surface area contributed by atoms with E-state index in [1.807, 2.05) is 13.0 Å². The minimum absolute atomic E-state index is 0.0508. The molecule has 0 aliphatic heterocycles. The summed E-state index contributed by atoms with van der Waals surface area (Å²) in [6.45, 7) is 10.7. The molecular formula is C16H22ClNO. The molecule has 0 amide bonds. The Morgan fingerprint density at radius 2 is 1.79 bits per heavy atom. The molecule has 0 radical (unpaired) electrons. The van der Waals surface area contributed by atoms with Crippen LogP contribution in [-0.4, -0.2) is 17.9 Å². The van der Waals surface area contributed by atoms with Gasteiger partial charge in [-0.15, -0.1) is 0 Å². The molecule has 0 spiro atoms. The second-order valence-corrected chi connectivity index (χ2v) is 6.39. The summed E-state index contributed by atoms with van der Waals surface area (Å²) in [4.78, 5) is 14.6. The summed E-state index contributed by atoms with van der Waals surface area (Å²) in [6, 6.07) is 4.73. The first-order valence-corrected chi connectivity index (χ1v) is 7.36. The molecule has 104 valence electrons. The molecule has 1 aliphatic rings. The van der Waals surface area contributed by atoms with E-state index >= 15 is 0 Å². The van der Waals surface area contributed by atoms with Crippen LogP contribution in [0.2, 0.25) is 5.02 Å². The van der Waals surface area contributed by atoms with Gasteiger partial charge in [-0.2, -0.15) is 0 Å². The Kier molecular flexibility index (Phi) is 3.91. The third kappa shape index (κ3) is 2.38. The van der Waals surface area contributed by atoms with Gasteiger partial charge in [-0.25, -0.2) is 0 Å². The van der Waals surface area contributed by atoms with Gasteiger partial charge >= 0.3 is 0 Å². The molecule has 0 heterocycles. The van der Waals surface area contributed by atoms with Crippen LogP contribution in [0.5, 0.6) is 0 Å². The summed E-state index contributed by atoms with van der Waals surface area (Å²) in [7, 11) is 0. The second kappa shape index (κ2) is 5.16. The number of anilines is 1.